The van der Waals surface area contributed by atoms with Gasteiger partial charge >= 0.3 is 0 Å². The fourth-order valence-electron chi connectivity index (χ4n) is 2.17. The molecule has 1 unspecified atom stereocenters. The largest absolute Gasteiger partial charge is 0.380 e. The van der Waals surface area contributed by atoms with Crippen LogP contribution in [0.3, 0.4) is 0 Å². The van der Waals surface area contributed by atoms with E-state index in [4.69, 9.17) is 0 Å². The van der Waals surface area contributed by atoms with Gasteiger partial charge in [-0.3, -0.25) is 4.98 Å². The number of aryl methyl sites for hydroxylation is 1. The fourth-order valence-corrected chi connectivity index (χ4v) is 3.25. The maximum atomic E-state index is 11.7. The Morgan fingerprint density at radius 3 is 2.70 bits per heavy atom. The van der Waals surface area contributed by atoms with Crippen molar-refractivity contribution in [3.8, 4) is 0 Å². The Kier molecular flexibility index (Phi) is 4.28. The highest BCUT2D eigenvalue weighted by Crippen LogP contribution is 2.22. The van der Waals surface area contributed by atoms with Crippen LogP contribution >= 0.6 is 0 Å². The summed E-state index contributed by atoms with van der Waals surface area (Å²) in [6.07, 6.45) is 0. The molecule has 1 atom stereocenters. The molecule has 0 aliphatic carbocycles. The molecular formula is C15H20N2O2S. The molecule has 1 N–H and O–H groups in total. The van der Waals surface area contributed by atoms with Crippen LogP contribution in [0.15, 0.2) is 30.3 Å². The van der Waals surface area contributed by atoms with Crippen molar-refractivity contribution >= 4 is 26.4 Å². The van der Waals surface area contributed by atoms with Gasteiger partial charge in [-0.2, -0.15) is 0 Å². The summed E-state index contributed by atoms with van der Waals surface area (Å²) in [5.41, 5.74) is 2.71. The predicted molar refractivity (Wildman–Crippen MR) is 83.9 cm³/mol. The lowest BCUT2D eigenvalue weighted by Gasteiger charge is -2.16. The minimum absolute atomic E-state index is 0.131. The molecule has 0 amide bonds. The number of fused-ring (bicyclic) bond motifs is 1. The molecule has 0 spiro atoms. The minimum atomic E-state index is -2.98. The molecule has 2 rings (SSSR count). The first-order valence-corrected chi connectivity index (χ1v) is 8.57. The van der Waals surface area contributed by atoms with Gasteiger partial charge in [0.2, 0.25) is 0 Å². The van der Waals surface area contributed by atoms with Gasteiger partial charge in [0.15, 0.2) is 9.84 Å². The first kappa shape index (κ1) is 14.8. The fraction of sp³-hybridized carbons (Fsp3) is 0.400. The Labute approximate surface area is 120 Å². The van der Waals surface area contributed by atoms with E-state index < -0.39 is 9.84 Å². The molecule has 0 aliphatic rings. The lowest BCUT2D eigenvalue weighted by Crippen LogP contribution is -2.26. The standard InChI is InChI=1S/C15H20N2O2S/c1-4-20(18,19)10-12(3)16-14-7-5-6-13-9-8-11(2)17-15(13)14/h5-9,12,16H,4,10H2,1-3H3. The van der Waals surface area contributed by atoms with Crippen molar-refractivity contribution in [1.29, 1.82) is 0 Å². The van der Waals surface area contributed by atoms with Crippen molar-refractivity contribution in [1.82, 2.24) is 4.98 Å². The van der Waals surface area contributed by atoms with Crippen molar-refractivity contribution in [2.45, 2.75) is 26.8 Å². The Hall–Kier alpha value is -1.62. The predicted octanol–water partition coefficient (Wildman–Crippen LogP) is 2.78. The Bertz CT molecular complexity index is 711. The summed E-state index contributed by atoms with van der Waals surface area (Å²) in [6, 6.07) is 9.73. The highest BCUT2D eigenvalue weighted by molar-refractivity contribution is 7.91. The lowest BCUT2D eigenvalue weighted by atomic mass is 10.1. The summed E-state index contributed by atoms with van der Waals surface area (Å²) in [5, 5.41) is 4.31. The van der Waals surface area contributed by atoms with Crippen LogP contribution in [0, 0.1) is 6.92 Å². The van der Waals surface area contributed by atoms with Gasteiger partial charge in [-0.25, -0.2) is 8.42 Å². The smallest absolute Gasteiger partial charge is 0.152 e. The second kappa shape index (κ2) is 5.79. The van der Waals surface area contributed by atoms with Crippen LogP contribution in [0.5, 0.6) is 0 Å². The Morgan fingerprint density at radius 1 is 1.25 bits per heavy atom. The number of aromatic nitrogens is 1. The van der Waals surface area contributed by atoms with E-state index >= 15 is 0 Å². The molecule has 1 aromatic carbocycles. The molecule has 0 saturated heterocycles. The molecule has 4 nitrogen and oxygen atoms in total. The van der Waals surface area contributed by atoms with Crippen LogP contribution in [-0.2, 0) is 9.84 Å². The maximum absolute atomic E-state index is 11.7. The number of nitrogens with zero attached hydrogens (tertiary/aromatic N) is 1. The summed E-state index contributed by atoms with van der Waals surface area (Å²) in [5.74, 6) is 0.303. The molecule has 0 aliphatic heterocycles. The van der Waals surface area contributed by atoms with Crippen LogP contribution in [0.4, 0.5) is 5.69 Å². The molecule has 0 bridgehead atoms. The van der Waals surface area contributed by atoms with E-state index in [0.29, 0.717) is 0 Å². The van der Waals surface area contributed by atoms with E-state index in [1.165, 1.54) is 0 Å². The molecule has 1 aromatic heterocycles. The van der Waals surface area contributed by atoms with Gasteiger partial charge in [-0.05, 0) is 26.0 Å². The minimum Gasteiger partial charge on any atom is -0.380 e. The third-order valence-corrected chi connectivity index (χ3v) is 5.09. The normalized spacial score (nSPS) is 13.3. The zero-order valence-electron chi connectivity index (χ0n) is 12.1. The van der Waals surface area contributed by atoms with Gasteiger partial charge in [-0.15, -0.1) is 0 Å². The number of anilines is 1. The molecular weight excluding hydrogens is 272 g/mol. The number of pyridine rings is 1. The molecule has 0 fully saturated rings. The van der Waals surface area contributed by atoms with Gasteiger partial charge < -0.3 is 5.32 Å². The van der Waals surface area contributed by atoms with Crippen molar-refractivity contribution in [2.24, 2.45) is 0 Å². The zero-order chi connectivity index (χ0) is 14.8. The number of nitrogens with one attached hydrogen (secondary N) is 1. The highest BCUT2D eigenvalue weighted by Gasteiger charge is 2.14. The van der Waals surface area contributed by atoms with E-state index in [1.807, 2.05) is 44.2 Å². The summed E-state index contributed by atoms with van der Waals surface area (Å²) >= 11 is 0. The molecule has 20 heavy (non-hydrogen) atoms. The topological polar surface area (TPSA) is 59.1 Å². The molecule has 0 radical (unpaired) electrons. The first-order valence-electron chi connectivity index (χ1n) is 6.74. The second-order valence-electron chi connectivity index (χ2n) is 5.07. The van der Waals surface area contributed by atoms with Gasteiger partial charge in [0.1, 0.15) is 0 Å². The van der Waals surface area contributed by atoms with Crippen molar-refractivity contribution < 1.29 is 8.42 Å². The first-order chi connectivity index (χ1) is 9.41. The third kappa shape index (κ3) is 3.48. The van der Waals surface area contributed by atoms with Crippen molar-refractivity contribution in [3.05, 3.63) is 36.0 Å². The van der Waals surface area contributed by atoms with E-state index in [9.17, 15) is 8.42 Å². The summed E-state index contributed by atoms with van der Waals surface area (Å²) < 4.78 is 23.3. The maximum Gasteiger partial charge on any atom is 0.152 e. The van der Waals surface area contributed by atoms with Crippen LogP contribution in [0.2, 0.25) is 0 Å². The highest BCUT2D eigenvalue weighted by atomic mass is 32.2. The zero-order valence-corrected chi connectivity index (χ0v) is 12.9. The average Bonchev–Trinajstić information content (AvgIpc) is 2.39. The second-order valence-corrected chi connectivity index (χ2v) is 7.47. The SMILES string of the molecule is CCS(=O)(=O)CC(C)Nc1cccc2ccc(C)nc12. The summed E-state index contributed by atoms with van der Waals surface area (Å²) in [7, 11) is -2.98. The van der Waals surface area contributed by atoms with Crippen molar-refractivity contribution in [2.75, 3.05) is 16.8 Å². The number of rotatable bonds is 5. The van der Waals surface area contributed by atoms with E-state index in [2.05, 4.69) is 10.3 Å². The molecule has 108 valence electrons. The number of sulfone groups is 1. The lowest BCUT2D eigenvalue weighted by molar-refractivity contribution is 0.593. The van der Waals surface area contributed by atoms with Crippen LogP contribution in [0.25, 0.3) is 10.9 Å². The quantitative estimate of drug-likeness (QED) is 0.920. The summed E-state index contributed by atoms with van der Waals surface area (Å²) in [4.78, 5) is 4.53. The van der Waals surface area contributed by atoms with Gasteiger partial charge in [-0.1, -0.05) is 25.1 Å². The van der Waals surface area contributed by atoms with Gasteiger partial charge in [0.05, 0.1) is 17.0 Å². The van der Waals surface area contributed by atoms with Crippen LogP contribution in [-0.4, -0.2) is 30.9 Å². The molecule has 2 aromatic rings. The van der Waals surface area contributed by atoms with Crippen LogP contribution in [0.1, 0.15) is 19.5 Å². The number of para-hydroxylation sites is 1. The number of hydrogen-bond acceptors (Lipinski definition) is 4. The summed E-state index contributed by atoms with van der Waals surface area (Å²) in [6.45, 7) is 5.49. The van der Waals surface area contributed by atoms with Crippen LogP contribution < -0.4 is 5.32 Å². The van der Waals surface area contributed by atoms with Crippen molar-refractivity contribution in [3.63, 3.8) is 0 Å². The Morgan fingerprint density at radius 2 is 2.00 bits per heavy atom. The Balaban J connectivity index is 2.27. The molecule has 0 saturated carbocycles. The third-order valence-electron chi connectivity index (χ3n) is 3.21. The number of benzene rings is 1. The van der Waals surface area contributed by atoms with E-state index in [-0.39, 0.29) is 17.5 Å². The van der Waals surface area contributed by atoms with Gasteiger partial charge in [0.25, 0.3) is 0 Å². The average molecular weight is 292 g/mol. The van der Waals surface area contributed by atoms with Gasteiger partial charge in [0, 0.05) is 22.9 Å². The molecule has 5 heteroatoms. The number of hydrogen-bond donors (Lipinski definition) is 1. The molecule has 1 heterocycles. The van der Waals surface area contributed by atoms with E-state index in [0.717, 1.165) is 22.3 Å². The van der Waals surface area contributed by atoms with E-state index in [1.54, 1.807) is 6.92 Å². The monoisotopic (exact) mass is 292 g/mol.